The molecule has 1 unspecified atom stereocenters. The van der Waals surface area contributed by atoms with E-state index in [0.29, 0.717) is 24.1 Å². The molecule has 7 heteroatoms. The fourth-order valence-electron chi connectivity index (χ4n) is 3.18. The third-order valence-corrected chi connectivity index (χ3v) is 5.22. The van der Waals surface area contributed by atoms with Gasteiger partial charge in [-0.15, -0.1) is 0 Å². The number of hydrogen-bond acceptors (Lipinski definition) is 5. The number of carbonyl (C=O) groups is 1. The third kappa shape index (κ3) is 3.54. The lowest BCUT2D eigenvalue weighted by Gasteiger charge is -2.24. The summed E-state index contributed by atoms with van der Waals surface area (Å²) in [5, 5.41) is 3.99. The SMILES string of the molecule is O=C(c1nc2ccccc2[nH]c1=O)N(Cc1ccsc1)CC1CCCO1. The van der Waals surface area contributed by atoms with Crippen molar-refractivity contribution in [2.75, 3.05) is 13.2 Å². The zero-order chi connectivity index (χ0) is 17.9. The van der Waals surface area contributed by atoms with Crippen LogP contribution in [0.4, 0.5) is 0 Å². The van der Waals surface area contributed by atoms with Crippen LogP contribution in [0.1, 0.15) is 28.9 Å². The van der Waals surface area contributed by atoms with Gasteiger partial charge in [0.1, 0.15) is 0 Å². The molecule has 0 aliphatic carbocycles. The number of nitrogens with one attached hydrogen (secondary N) is 1. The van der Waals surface area contributed by atoms with Crippen LogP contribution < -0.4 is 5.56 Å². The van der Waals surface area contributed by atoms with Gasteiger partial charge in [0.15, 0.2) is 5.69 Å². The summed E-state index contributed by atoms with van der Waals surface area (Å²) < 4.78 is 5.69. The molecule has 0 saturated carbocycles. The second-order valence-electron chi connectivity index (χ2n) is 6.38. The fourth-order valence-corrected chi connectivity index (χ4v) is 3.84. The number of ether oxygens (including phenoxy) is 1. The molecular formula is C19H19N3O3S. The van der Waals surface area contributed by atoms with Crippen LogP contribution in [-0.4, -0.2) is 40.0 Å². The molecule has 0 bridgehead atoms. The maximum Gasteiger partial charge on any atom is 0.280 e. The van der Waals surface area contributed by atoms with Gasteiger partial charge in [0.25, 0.3) is 11.5 Å². The predicted molar refractivity (Wildman–Crippen MR) is 100 cm³/mol. The number of fused-ring (bicyclic) bond motifs is 1. The quantitative estimate of drug-likeness (QED) is 0.750. The second kappa shape index (κ2) is 7.39. The number of rotatable bonds is 5. The van der Waals surface area contributed by atoms with Gasteiger partial charge in [0, 0.05) is 19.7 Å². The smallest absolute Gasteiger partial charge is 0.280 e. The van der Waals surface area contributed by atoms with E-state index in [-0.39, 0.29) is 17.7 Å². The highest BCUT2D eigenvalue weighted by molar-refractivity contribution is 7.07. The van der Waals surface area contributed by atoms with E-state index in [1.54, 1.807) is 28.4 Å². The molecule has 1 atom stereocenters. The average Bonchev–Trinajstić information content (AvgIpc) is 3.34. The molecule has 6 nitrogen and oxygen atoms in total. The Morgan fingerprint density at radius 1 is 1.35 bits per heavy atom. The van der Waals surface area contributed by atoms with Crippen LogP contribution in [0.15, 0.2) is 45.9 Å². The van der Waals surface area contributed by atoms with Crippen molar-refractivity contribution in [2.45, 2.75) is 25.5 Å². The summed E-state index contributed by atoms with van der Waals surface area (Å²) in [6, 6.07) is 9.19. The molecule has 1 saturated heterocycles. The van der Waals surface area contributed by atoms with Gasteiger partial charge >= 0.3 is 0 Å². The Hall–Kier alpha value is -2.51. The highest BCUT2D eigenvalue weighted by atomic mass is 32.1. The highest BCUT2D eigenvalue weighted by Gasteiger charge is 2.26. The van der Waals surface area contributed by atoms with E-state index >= 15 is 0 Å². The fraction of sp³-hybridized carbons (Fsp3) is 0.316. The van der Waals surface area contributed by atoms with Crippen molar-refractivity contribution in [1.29, 1.82) is 0 Å². The molecule has 1 fully saturated rings. The van der Waals surface area contributed by atoms with Crippen LogP contribution in [0.2, 0.25) is 0 Å². The number of para-hydroxylation sites is 2. The van der Waals surface area contributed by atoms with Gasteiger partial charge in [0.05, 0.1) is 17.1 Å². The maximum atomic E-state index is 13.1. The Morgan fingerprint density at radius 3 is 3.00 bits per heavy atom. The number of nitrogens with zero attached hydrogens (tertiary/aromatic N) is 2. The second-order valence-corrected chi connectivity index (χ2v) is 7.16. The minimum absolute atomic E-state index is 0.0112. The van der Waals surface area contributed by atoms with E-state index in [4.69, 9.17) is 4.74 Å². The first-order valence-corrected chi connectivity index (χ1v) is 9.56. The molecule has 1 aliphatic rings. The highest BCUT2D eigenvalue weighted by Crippen LogP contribution is 2.18. The van der Waals surface area contributed by atoms with Gasteiger partial charge in [0.2, 0.25) is 0 Å². The van der Waals surface area contributed by atoms with Crippen molar-refractivity contribution in [3.8, 4) is 0 Å². The Bertz CT molecular complexity index is 962. The first-order valence-electron chi connectivity index (χ1n) is 8.62. The van der Waals surface area contributed by atoms with E-state index in [1.165, 1.54) is 0 Å². The normalized spacial score (nSPS) is 16.8. The average molecular weight is 369 g/mol. The number of aromatic nitrogens is 2. The molecule has 2 aromatic heterocycles. The van der Waals surface area contributed by atoms with Crippen LogP contribution in [0.5, 0.6) is 0 Å². The Balaban J connectivity index is 1.66. The molecular weight excluding hydrogens is 350 g/mol. The van der Waals surface area contributed by atoms with E-state index in [0.717, 1.165) is 25.0 Å². The molecule has 1 aliphatic heterocycles. The van der Waals surface area contributed by atoms with Gasteiger partial charge in [-0.25, -0.2) is 4.98 Å². The Morgan fingerprint density at radius 2 is 2.23 bits per heavy atom. The van der Waals surface area contributed by atoms with Crippen LogP contribution in [0, 0.1) is 0 Å². The van der Waals surface area contributed by atoms with Crippen molar-refractivity contribution >= 4 is 28.3 Å². The van der Waals surface area contributed by atoms with Crippen LogP contribution >= 0.6 is 11.3 Å². The van der Waals surface area contributed by atoms with Gasteiger partial charge in [-0.1, -0.05) is 12.1 Å². The molecule has 1 amide bonds. The molecule has 4 rings (SSSR count). The number of H-pyrrole nitrogens is 1. The van der Waals surface area contributed by atoms with E-state index in [2.05, 4.69) is 9.97 Å². The number of thiophene rings is 1. The van der Waals surface area contributed by atoms with Crippen LogP contribution in [-0.2, 0) is 11.3 Å². The summed E-state index contributed by atoms with van der Waals surface area (Å²) in [6.07, 6.45) is 1.94. The van der Waals surface area contributed by atoms with E-state index in [1.807, 2.05) is 29.0 Å². The van der Waals surface area contributed by atoms with Crippen molar-refractivity contribution in [3.05, 3.63) is 62.7 Å². The number of aromatic amines is 1. The molecule has 3 aromatic rings. The van der Waals surface area contributed by atoms with Crippen LogP contribution in [0.25, 0.3) is 11.0 Å². The zero-order valence-corrected chi connectivity index (χ0v) is 15.0. The van der Waals surface area contributed by atoms with Gasteiger partial charge in [-0.3, -0.25) is 9.59 Å². The summed E-state index contributed by atoms with van der Waals surface area (Å²) in [6.45, 7) is 1.62. The summed E-state index contributed by atoms with van der Waals surface area (Å²) in [5.74, 6) is -0.362. The molecule has 1 N–H and O–H groups in total. The predicted octanol–water partition coefficient (Wildman–Crippen LogP) is 2.81. The minimum Gasteiger partial charge on any atom is -0.376 e. The number of benzene rings is 1. The minimum atomic E-state index is -0.462. The first-order chi connectivity index (χ1) is 12.7. The lowest BCUT2D eigenvalue weighted by atomic mass is 10.2. The van der Waals surface area contributed by atoms with Gasteiger partial charge in [-0.2, -0.15) is 11.3 Å². The summed E-state index contributed by atoms with van der Waals surface area (Å²) in [7, 11) is 0. The van der Waals surface area contributed by atoms with Crippen molar-refractivity contribution in [3.63, 3.8) is 0 Å². The number of carbonyl (C=O) groups excluding carboxylic acids is 1. The summed E-state index contributed by atoms with van der Waals surface area (Å²) in [5.41, 5.74) is 1.73. The lowest BCUT2D eigenvalue weighted by Crippen LogP contribution is -2.39. The Labute approximate surface area is 154 Å². The number of amides is 1. The zero-order valence-electron chi connectivity index (χ0n) is 14.2. The first kappa shape index (κ1) is 16.9. The van der Waals surface area contributed by atoms with Gasteiger partial charge in [-0.05, 0) is 47.4 Å². The standard InChI is InChI=1S/C19H19N3O3S/c23-18-17(20-15-5-1-2-6-16(15)21-18)19(24)22(10-13-7-9-26-12-13)11-14-4-3-8-25-14/h1-2,5-7,9,12,14H,3-4,8,10-11H2,(H,21,23). The van der Waals surface area contributed by atoms with E-state index < -0.39 is 5.56 Å². The maximum absolute atomic E-state index is 13.1. The molecule has 134 valence electrons. The van der Waals surface area contributed by atoms with E-state index in [9.17, 15) is 9.59 Å². The van der Waals surface area contributed by atoms with Gasteiger partial charge < -0.3 is 14.6 Å². The molecule has 26 heavy (non-hydrogen) atoms. The summed E-state index contributed by atoms with van der Waals surface area (Å²) in [4.78, 5) is 34.3. The molecule has 0 spiro atoms. The van der Waals surface area contributed by atoms with Crippen molar-refractivity contribution < 1.29 is 9.53 Å². The molecule has 1 aromatic carbocycles. The molecule has 3 heterocycles. The topological polar surface area (TPSA) is 75.3 Å². The number of hydrogen-bond donors (Lipinski definition) is 1. The largest absolute Gasteiger partial charge is 0.376 e. The monoisotopic (exact) mass is 369 g/mol. The Kier molecular flexibility index (Phi) is 4.81. The van der Waals surface area contributed by atoms with Crippen molar-refractivity contribution in [2.24, 2.45) is 0 Å². The van der Waals surface area contributed by atoms with Crippen LogP contribution in [0.3, 0.4) is 0 Å². The lowest BCUT2D eigenvalue weighted by molar-refractivity contribution is 0.0502. The summed E-state index contributed by atoms with van der Waals surface area (Å²) >= 11 is 1.58. The van der Waals surface area contributed by atoms with Crippen molar-refractivity contribution in [1.82, 2.24) is 14.9 Å². The molecule has 0 radical (unpaired) electrons. The third-order valence-electron chi connectivity index (χ3n) is 4.49.